The molecule has 0 aliphatic heterocycles. The summed E-state index contributed by atoms with van der Waals surface area (Å²) in [6, 6.07) is 7.69. The molecular formula is C20H19ClFN5O2. The van der Waals surface area contributed by atoms with E-state index in [0.717, 1.165) is 0 Å². The third-order valence-corrected chi connectivity index (χ3v) is 4.28. The first-order valence-electron chi connectivity index (χ1n) is 8.68. The highest BCUT2D eigenvalue weighted by Gasteiger charge is 2.12. The summed E-state index contributed by atoms with van der Waals surface area (Å²) in [5.74, 6) is 0.129. The number of rotatable bonds is 7. The first kappa shape index (κ1) is 20.5. The fourth-order valence-corrected chi connectivity index (χ4v) is 2.80. The number of fused-ring (bicyclic) bond motifs is 1. The molecular weight excluding hydrogens is 397 g/mol. The minimum absolute atomic E-state index is 0.00339. The number of carbonyl (C=O) groups excluding carboxylic acids is 1. The predicted molar refractivity (Wildman–Crippen MR) is 112 cm³/mol. The molecule has 0 aliphatic rings. The second kappa shape index (κ2) is 9.31. The number of hydrogen-bond donors (Lipinski definition) is 3. The van der Waals surface area contributed by atoms with Gasteiger partial charge in [-0.2, -0.15) is 0 Å². The number of methoxy groups -OCH3 is 1. The van der Waals surface area contributed by atoms with E-state index in [0.29, 0.717) is 40.4 Å². The zero-order valence-electron chi connectivity index (χ0n) is 15.8. The molecule has 0 saturated carbocycles. The van der Waals surface area contributed by atoms with Crippen molar-refractivity contribution >= 4 is 45.6 Å². The largest absolute Gasteiger partial charge is 0.494 e. The molecule has 1 amide bonds. The van der Waals surface area contributed by atoms with Crippen LogP contribution in [0, 0.1) is 5.82 Å². The number of nitrogens with one attached hydrogen (secondary N) is 3. The zero-order valence-corrected chi connectivity index (χ0v) is 16.5. The van der Waals surface area contributed by atoms with Gasteiger partial charge in [-0.25, -0.2) is 14.4 Å². The van der Waals surface area contributed by atoms with Gasteiger partial charge in [-0.05, 0) is 31.3 Å². The molecule has 0 aliphatic carbocycles. The van der Waals surface area contributed by atoms with Crippen molar-refractivity contribution < 1.29 is 13.9 Å². The average molecular weight is 416 g/mol. The number of ether oxygens (including phenoxy) is 1. The number of aromatic nitrogens is 2. The van der Waals surface area contributed by atoms with Gasteiger partial charge in [0.05, 0.1) is 23.3 Å². The van der Waals surface area contributed by atoms with Crippen LogP contribution >= 0.6 is 11.6 Å². The maximum atomic E-state index is 13.4. The number of halogens is 2. The van der Waals surface area contributed by atoms with Gasteiger partial charge in [0.1, 0.15) is 23.7 Å². The first-order chi connectivity index (χ1) is 14.0. The summed E-state index contributed by atoms with van der Waals surface area (Å²) in [5, 5.41) is 9.45. The molecule has 3 N–H and O–H groups in total. The number of benzene rings is 2. The number of carbonyl (C=O) groups is 1. The Morgan fingerprint density at radius 1 is 1.28 bits per heavy atom. The van der Waals surface area contributed by atoms with E-state index in [-0.39, 0.29) is 10.9 Å². The van der Waals surface area contributed by atoms with Crippen LogP contribution in [0.15, 0.2) is 48.8 Å². The molecule has 0 saturated heterocycles. The maximum absolute atomic E-state index is 13.4. The summed E-state index contributed by atoms with van der Waals surface area (Å²) in [4.78, 5) is 20.7. The van der Waals surface area contributed by atoms with Crippen molar-refractivity contribution in [1.29, 1.82) is 0 Å². The normalized spacial score (nSPS) is 11.0. The minimum Gasteiger partial charge on any atom is -0.494 e. The molecule has 1 aromatic heterocycles. The highest BCUT2D eigenvalue weighted by atomic mass is 35.5. The molecule has 9 heteroatoms. The van der Waals surface area contributed by atoms with Gasteiger partial charge < -0.3 is 20.7 Å². The van der Waals surface area contributed by atoms with E-state index in [9.17, 15) is 9.18 Å². The van der Waals surface area contributed by atoms with E-state index in [1.165, 1.54) is 31.6 Å². The lowest BCUT2D eigenvalue weighted by atomic mass is 10.1. The summed E-state index contributed by atoms with van der Waals surface area (Å²) >= 11 is 5.85. The monoisotopic (exact) mass is 415 g/mol. The molecule has 0 atom stereocenters. The lowest BCUT2D eigenvalue weighted by Crippen LogP contribution is -2.11. The Morgan fingerprint density at radius 3 is 2.83 bits per heavy atom. The van der Waals surface area contributed by atoms with Gasteiger partial charge in [0.25, 0.3) is 0 Å². The van der Waals surface area contributed by atoms with Crippen LogP contribution in [0.3, 0.4) is 0 Å². The maximum Gasteiger partial charge on any atom is 0.248 e. The number of nitrogens with zero attached hydrogens (tertiary/aromatic N) is 2. The van der Waals surface area contributed by atoms with Crippen molar-refractivity contribution in [2.24, 2.45) is 0 Å². The first-order valence-corrected chi connectivity index (χ1v) is 9.06. The van der Waals surface area contributed by atoms with E-state index in [1.807, 2.05) is 0 Å². The van der Waals surface area contributed by atoms with Crippen LogP contribution in [-0.2, 0) is 4.79 Å². The van der Waals surface area contributed by atoms with Gasteiger partial charge in [0.15, 0.2) is 0 Å². The molecule has 0 bridgehead atoms. The third-order valence-electron chi connectivity index (χ3n) is 3.99. The molecule has 150 valence electrons. The smallest absolute Gasteiger partial charge is 0.248 e. The fourth-order valence-electron chi connectivity index (χ4n) is 2.62. The standard InChI is InChI=1S/C20H19ClFN5O2/c1-23-7-3-4-19(28)27-17-9-13-16(10-18(17)29-2)24-11-25-20(13)26-12-5-6-15(22)14(21)8-12/h3-6,8-11,23H,7H2,1-2H3,(H,27,28)(H,24,25,26)/b4-3+. The summed E-state index contributed by atoms with van der Waals surface area (Å²) in [6.07, 6.45) is 4.53. The Kier molecular flexibility index (Phi) is 6.58. The number of likely N-dealkylation sites (N-methyl/N-ethyl adjacent to an activating group) is 1. The molecule has 0 radical (unpaired) electrons. The Morgan fingerprint density at radius 2 is 2.10 bits per heavy atom. The lowest BCUT2D eigenvalue weighted by molar-refractivity contribution is -0.111. The molecule has 2 aromatic carbocycles. The van der Waals surface area contributed by atoms with Crippen molar-refractivity contribution in [3.63, 3.8) is 0 Å². The lowest BCUT2D eigenvalue weighted by Gasteiger charge is -2.13. The number of hydrogen-bond acceptors (Lipinski definition) is 6. The second-order valence-electron chi connectivity index (χ2n) is 6.00. The fraction of sp³-hybridized carbons (Fsp3) is 0.150. The van der Waals surface area contributed by atoms with E-state index in [2.05, 4.69) is 25.9 Å². The summed E-state index contributed by atoms with van der Waals surface area (Å²) in [7, 11) is 3.30. The van der Waals surface area contributed by atoms with Crippen molar-refractivity contribution in [2.45, 2.75) is 0 Å². The predicted octanol–water partition coefficient (Wildman–Crippen LogP) is 3.89. The Labute approximate surface area is 172 Å². The van der Waals surface area contributed by atoms with Gasteiger partial charge in [0.2, 0.25) is 5.91 Å². The van der Waals surface area contributed by atoms with Crippen molar-refractivity contribution in [3.8, 4) is 5.75 Å². The molecule has 3 rings (SSSR count). The van der Waals surface area contributed by atoms with Crippen molar-refractivity contribution in [1.82, 2.24) is 15.3 Å². The highest BCUT2D eigenvalue weighted by Crippen LogP contribution is 2.33. The summed E-state index contributed by atoms with van der Waals surface area (Å²) in [6.45, 7) is 0.574. The van der Waals surface area contributed by atoms with Crippen molar-refractivity contribution in [2.75, 3.05) is 31.3 Å². The second-order valence-corrected chi connectivity index (χ2v) is 6.40. The highest BCUT2D eigenvalue weighted by molar-refractivity contribution is 6.31. The van der Waals surface area contributed by atoms with Crippen LogP contribution in [0.1, 0.15) is 0 Å². The van der Waals surface area contributed by atoms with Crippen LogP contribution in [-0.4, -0.2) is 36.6 Å². The minimum atomic E-state index is -0.508. The molecule has 1 heterocycles. The van der Waals surface area contributed by atoms with E-state index in [1.54, 1.807) is 31.3 Å². The van der Waals surface area contributed by atoms with Crippen LogP contribution in [0.5, 0.6) is 5.75 Å². The van der Waals surface area contributed by atoms with Gasteiger partial charge in [-0.1, -0.05) is 17.7 Å². The van der Waals surface area contributed by atoms with Crippen LogP contribution < -0.4 is 20.7 Å². The molecule has 0 unspecified atom stereocenters. The molecule has 0 fully saturated rings. The van der Waals surface area contributed by atoms with Gasteiger partial charge in [0, 0.05) is 29.8 Å². The number of anilines is 3. The molecule has 3 aromatic rings. The van der Waals surface area contributed by atoms with Gasteiger partial charge in [-0.15, -0.1) is 0 Å². The molecule has 7 nitrogen and oxygen atoms in total. The third kappa shape index (κ3) is 4.98. The quantitative estimate of drug-likeness (QED) is 0.507. The van der Waals surface area contributed by atoms with E-state index in [4.69, 9.17) is 16.3 Å². The molecule has 29 heavy (non-hydrogen) atoms. The van der Waals surface area contributed by atoms with Gasteiger partial charge in [-0.3, -0.25) is 4.79 Å². The van der Waals surface area contributed by atoms with Gasteiger partial charge >= 0.3 is 0 Å². The number of amides is 1. The Bertz CT molecular complexity index is 1070. The van der Waals surface area contributed by atoms with Crippen LogP contribution in [0.2, 0.25) is 5.02 Å². The average Bonchev–Trinajstić information content (AvgIpc) is 2.71. The SMILES string of the molecule is CNC/C=C/C(=O)Nc1cc2c(Nc3ccc(F)c(Cl)c3)ncnc2cc1OC. The van der Waals surface area contributed by atoms with Crippen LogP contribution in [0.4, 0.5) is 21.6 Å². The Balaban J connectivity index is 1.97. The Hall–Kier alpha value is -3.23. The van der Waals surface area contributed by atoms with Crippen LogP contribution in [0.25, 0.3) is 10.9 Å². The van der Waals surface area contributed by atoms with Crippen molar-refractivity contribution in [3.05, 3.63) is 59.7 Å². The topological polar surface area (TPSA) is 88.2 Å². The molecule has 0 spiro atoms. The van der Waals surface area contributed by atoms with E-state index < -0.39 is 5.82 Å². The summed E-state index contributed by atoms with van der Waals surface area (Å²) in [5.41, 5.74) is 1.64. The van der Waals surface area contributed by atoms with E-state index >= 15 is 0 Å². The summed E-state index contributed by atoms with van der Waals surface area (Å²) < 4.78 is 18.8. The zero-order chi connectivity index (χ0) is 20.8.